The summed E-state index contributed by atoms with van der Waals surface area (Å²) < 4.78 is 0. The number of carbonyl (C=O) groups excluding carboxylic acids is 1. The summed E-state index contributed by atoms with van der Waals surface area (Å²) in [6.07, 6.45) is 3.42. The topological polar surface area (TPSA) is 68.0 Å². The van der Waals surface area contributed by atoms with Gasteiger partial charge in [-0.2, -0.15) is 0 Å². The molecule has 4 nitrogen and oxygen atoms in total. The maximum absolute atomic E-state index is 12.3. The number of aryl methyl sites for hydroxylation is 1. The van der Waals surface area contributed by atoms with Crippen LogP contribution in [0.3, 0.4) is 0 Å². The van der Waals surface area contributed by atoms with E-state index in [1.165, 1.54) is 0 Å². The molecule has 1 heterocycles. The van der Waals surface area contributed by atoms with Crippen molar-refractivity contribution >= 4 is 34.1 Å². The quantitative estimate of drug-likeness (QED) is 0.913. The first kappa shape index (κ1) is 13.3. The lowest BCUT2D eigenvalue weighted by Gasteiger charge is -2.16. The number of nitrogens with two attached hydrogens (primary N) is 1. The van der Waals surface area contributed by atoms with Crippen LogP contribution in [0.1, 0.15) is 18.4 Å². The number of carbonyl (C=O) groups is 1. The molecular formula is C15H16ClN3O. The number of benzene rings is 1. The standard InChI is InChI=1S/C15H16ClN3O/c1-9-7-11(16)13(10-3-2-6-18-12(9)10)19-14(20)15(8-17)4-5-15/h2-3,6-7H,4-5,8,17H2,1H3,(H,19,20). The zero-order chi connectivity index (χ0) is 14.3. The highest BCUT2D eigenvalue weighted by Gasteiger charge is 2.48. The first-order chi connectivity index (χ1) is 9.57. The SMILES string of the molecule is Cc1cc(Cl)c(NC(=O)C2(CN)CC2)c2cccnc12. The van der Waals surface area contributed by atoms with Crippen molar-refractivity contribution in [2.24, 2.45) is 11.1 Å². The summed E-state index contributed by atoms with van der Waals surface area (Å²) in [5, 5.41) is 4.33. The van der Waals surface area contributed by atoms with E-state index >= 15 is 0 Å². The molecule has 0 radical (unpaired) electrons. The molecule has 2 aromatic rings. The average Bonchev–Trinajstić information content (AvgIpc) is 3.24. The van der Waals surface area contributed by atoms with E-state index in [-0.39, 0.29) is 5.91 Å². The summed E-state index contributed by atoms with van der Waals surface area (Å²) in [7, 11) is 0. The molecule has 3 rings (SSSR count). The van der Waals surface area contributed by atoms with Gasteiger partial charge in [-0.05, 0) is 43.5 Å². The Morgan fingerprint density at radius 2 is 2.30 bits per heavy atom. The summed E-state index contributed by atoms with van der Waals surface area (Å²) >= 11 is 6.29. The largest absolute Gasteiger partial charge is 0.329 e. The minimum absolute atomic E-state index is 0.0455. The summed E-state index contributed by atoms with van der Waals surface area (Å²) in [5.74, 6) is -0.0455. The van der Waals surface area contributed by atoms with Crippen LogP contribution in [-0.2, 0) is 4.79 Å². The van der Waals surface area contributed by atoms with Gasteiger partial charge in [0.05, 0.1) is 21.6 Å². The average molecular weight is 290 g/mol. The van der Waals surface area contributed by atoms with Crippen molar-refractivity contribution in [3.63, 3.8) is 0 Å². The molecule has 3 N–H and O–H groups in total. The molecule has 1 aromatic heterocycles. The highest BCUT2D eigenvalue weighted by Crippen LogP contribution is 2.46. The molecule has 1 aliphatic rings. The third kappa shape index (κ3) is 2.05. The molecule has 0 aliphatic heterocycles. The van der Waals surface area contributed by atoms with E-state index < -0.39 is 5.41 Å². The molecule has 5 heteroatoms. The van der Waals surface area contributed by atoms with Gasteiger partial charge in [0.25, 0.3) is 0 Å². The highest BCUT2D eigenvalue weighted by atomic mass is 35.5. The van der Waals surface area contributed by atoms with Gasteiger partial charge in [0.15, 0.2) is 0 Å². The van der Waals surface area contributed by atoms with E-state index in [0.717, 1.165) is 29.3 Å². The number of pyridine rings is 1. The molecule has 1 amide bonds. The minimum Gasteiger partial charge on any atom is -0.329 e. The third-order valence-corrected chi connectivity index (χ3v) is 4.30. The van der Waals surface area contributed by atoms with Crippen molar-refractivity contribution in [3.8, 4) is 0 Å². The highest BCUT2D eigenvalue weighted by molar-refractivity contribution is 6.35. The van der Waals surface area contributed by atoms with Gasteiger partial charge in [-0.15, -0.1) is 0 Å². The van der Waals surface area contributed by atoms with Crippen LogP contribution in [0.25, 0.3) is 10.9 Å². The van der Waals surface area contributed by atoms with E-state index in [1.54, 1.807) is 6.20 Å². The van der Waals surface area contributed by atoms with Gasteiger partial charge in [-0.25, -0.2) is 0 Å². The van der Waals surface area contributed by atoms with Crippen molar-refractivity contribution < 1.29 is 4.79 Å². The molecule has 0 spiro atoms. The van der Waals surface area contributed by atoms with Gasteiger partial charge in [0.2, 0.25) is 5.91 Å². The fraction of sp³-hybridized carbons (Fsp3) is 0.333. The van der Waals surface area contributed by atoms with Crippen molar-refractivity contribution in [3.05, 3.63) is 35.0 Å². The normalized spacial score (nSPS) is 16.1. The van der Waals surface area contributed by atoms with E-state index in [2.05, 4.69) is 10.3 Å². The number of nitrogens with zero attached hydrogens (tertiary/aromatic N) is 1. The number of rotatable bonds is 3. The number of hydrogen-bond acceptors (Lipinski definition) is 3. The number of halogens is 1. The van der Waals surface area contributed by atoms with Gasteiger partial charge in [-0.3, -0.25) is 9.78 Å². The van der Waals surface area contributed by atoms with Gasteiger partial charge in [0.1, 0.15) is 0 Å². The number of fused-ring (bicyclic) bond motifs is 1. The fourth-order valence-corrected chi connectivity index (χ4v) is 2.74. The molecule has 0 saturated heterocycles. The molecule has 0 atom stereocenters. The summed E-state index contributed by atoms with van der Waals surface area (Å²) in [4.78, 5) is 16.7. The Balaban J connectivity index is 2.05. The second-order valence-corrected chi connectivity index (χ2v) is 5.80. The van der Waals surface area contributed by atoms with E-state index in [0.29, 0.717) is 17.3 Å². The molecule has 1 fully saturated rings. The lowest BCUT2D eigenvalue weighted by Crippen LogP contribution is -2.31. The maximum Gasteiger partial charge on any atom is 0.231 e. The zero-order valence-corrected chi connectivity index (χ0v) is 12.0. The molecule has 1 saturated carbocycles. The zero-order valence-electron chi connectivity index (χ0n) is 11.2. The molecule has 104 valence electrons. The Kier molecular flexibility index (Phi) is 3.15. The molecule has 0 bridgehead atoms. The number of nitrogens with one attached hydrogen (secondary N) is 1. The van der Waals surface area contributed by atoms with Crippen molar-refractivity contribution in [1.29, 1.82) is 0 Å². The van der Waals surface area contributed by atoms with E-state index in [9.17, 15) is 4.79 Å². The summed E-state index contributed by atoms with van der Waals surface area (Å²) in [5.41, 5.74) is 7.76. The Morgan fingerprint density at radius 3 is 2.95 bits per heavy atom. The second kappa shape index (κ2) is 4.72. The first-order valence-corrected chi connectivity index (χ1v) is 7.00. The number of amides is 1. The van der Waals surface area contributed by atoms with Gasteiger partial charge in [0, 0.05) is 18.1 Å². The van der Waals surface area contributed by atoms with Gasteiger partial charge >= 0.3 is 0 Å². The minimum atomic E-state index is -0.400. The van der Waals surface area contributed by atoms with Crippen molar-refractivity contribution in [1.82, 2.24) is 4.98 Å². The summed E-state index contributed by atoms with van der Waals surface area (Å²) in [6, 6.07) is 5.58. The Morgan fingerprint density at radius 1 is 1.55 bits per heavy atom. The van der Waals surface area contributed by atoms with Gasteiger partial charge in [-0.1, -0.05) is 11.6 Å². The molecule has 0 unspecified atom stereocenters. The number of aromatic nitrogens is 1. The lowest BCUT2D eigenvalue weighted by molar-refractivity contribution is -0.120. The fourth-order valence-electron chi connectivity index (χ4n) is 2.43. The Bertz CT molecular complexity index is 695. The van der Waals surface area contributed by atoms with E-state index in [1.807, 2.05) is 25.1 Å². The molecule has 1 aliphatic carbocycles. The Hall–Kier alpha value is -1.65. The lowest BCUT2D eigenvalue weighted by atomic mass is 10.1. The van der Waals surface area contributed by atoms with E-state index in [4.69, 9.17) is 17.3 Å². The van der Waals surface area contributed by atoms with Crippen LogP contribution in [-0.4, -0.2) is 17.4 Å². The van der Waals surface area contributed by atoms with Gasteiger partial charge < -0.3 is 11.1 Å². The number of anilines is 1. The van der Waals surface area contributed by atoms with Crippen LogP contribution < -0.4 is 11.1 Å². The van der Waals surface area contributed by atoms with Crippen molar-refractivity contribution in [2.45, 2.75) is 19.8 Å². The predicted molar refractivity (Wildman–Crippen MR) is 80.8 cm³/mol. The predicted octanol–water partition coefficient (Wildman–Crippen LogP) is 2.87. The van der Waals surface area contributed by atoms with Crippen LogP contribution in [0.5, 0.6) is 0 Å². The maximum atomic E-state index is 12.3. The molecule has 20 heavy (non-hydrogen) atoms. The monoisotopic (exact) mass is 289 g/mol. The Labute approximate surface area is 122 Å². The third-order valence-electron chi connectivity index (χ3n) is 4.00. The van der Waals surface area contributed by atoms with Crippen molar-refractivity contribution in [2.75, 3.05) is 11.9 Å². The van der Waals surface area contributed by atoms with Crippen LogP contribution in [0.4, 0.5) is 5.69 Å². The summed E-state index contributed by atoms with van der Waals surface area (Å²) in [6.45, 7) is 2.33. The molecule has 1 aromatic carbocycles. The number of hydrogen-bond donors (Lipinski definition) is 2. The van der Waals surface area contributed by atoms with Crippen LogP contribution >= 0.6 is 11.6 Å². The smallest absolute Gasteiger partial charge is 0.231 e. The van der Waals surface area contributed by atoms with Crippen LogP contribution in [0.15, 0.2) is 24.4 Å². The first-order valence-electron chi connectivity index (χ1n) is 6.63. The van der Waals surface area contributed by atoms with Crippen LogP contribution in [0.2, 0.25) is 5.02 Å². The van der Waals surface area contributed by atoms with Crippen LogP contribution in [0, 0.1) is 12.3 Å². The molecular weight excluding hydrogens is 274 g/mol. The second-order valence-electron chi connectivity index (χ2n) is 5.39.